The molecular weight excluding hydrogens is 1470 g/mol. The molecule has 0 amide bonds. The summed E-state index contributed by atoms with van der Waals surface area (Å²) in [7, 11) is 0. The van der Waals surface area contributed by atoms with Crippen LogP contribution in [-0.4, -0.2) is 73.3 Å². The number of aliphatic hydroxyl groups is 4. The lowest BCUT2D eigenvalue weighted by Gasteiger charge is -2.25. The van der Waals surface area contributed by atoms with Crippen LogP contribution in [0.25, 0.3) is 0 Å². The van der Waals surface area contributed by atoms with Gasteiger partial charge in [-0.2, -0.15) is 0 Å². The zero-order chi connectivity index (χ0) is 85.1. The maximum Gasteiger partial charge on any atom is 0.126 e. The van der Waals surface area contributed by atoms with Crippen molar-refractivity contribution >= 4 is 0 Å². The van der Waals surface area contributed by atoms with Gasteiger partial charge in [-0.05, 0) is 144 Å². The molecule has 0 saturated carbocycles. The van der Waals surface area contributed by atoms with Gasteiger partial charge < -0.3 is 39.4 Å². The smallest absolute Gasteiger partial charge is 0.126 e. The Balaban J connectivity index is 1.54. The molecule has 0 unspecified atom stereocenters. The van der Waals surface area contributed by atoms with Crippen molar-refractivity contribution < 1.29 is 39.4 Å². The van der Waals surface area contributed by atoms with Crippen molar-refractivity contribution in [3.05, 3.63) is 115 Å². The Labute approximate surface area is 741 Å². The van der Waals surface area contributed by atoms with Crippen molar-refractivity contribution in [3.8, 4) is 23.0 Å². The summed E-state index contributed by atoms with van der Waals surface area (Å²) in [6.45, 7) is 12.3. The first-order chi connectivity index (χ1) is 59.4. The van der Waals surface area contributed by atoms with Crippen LogP contribution in [0, 0.1) is 0 Å². The van der Waals surface area contributed by atoms with E-state index in [0.717, 1.165) is 145 Å². The molecule has 120 heavy (non-hydrogen) atoms. The molecule has 8 nitrogen and oxygen atoms in total. The molecule has 0 heterocycles. The van der Waals surface area contributed by atoms with Crippen molar-refractivity contribution in [3.63, 3.8) is 0 Å². The van der Waals surface area contributed by atoms with Gasteiger partial charge in [-0.1, -0.05) is 461 Å². The Morgan fingerprint density at radius 3 is 0.400 bits per heavy atom. The van der Waals surface area contributed by atoms with Gasteiger partial charge >= 0.3 is 0 Å². The number of benzene rings is 4. The fourth-order valence-corrected chi connectivity index (χ4v) is 18.9. The average Bonchev–Trinajstić information content (AvgIpc) is 0.775. The topological polar surface area (TPSA) is 118 Å². The quantitative estimate of drug-likeness (QED) is 0.0284. The highest BCUT2D eigenvalue weighted by Crippen LogP contribution is 2.43. The molecule has 8 heteroatoms. The number of unbranched alkanes of at least 4 members (excludes halogenated alkanes) is 60. The first-order valence-corrected chi connectivity index (χ1v) is 52.9. The molecule has 4 N–H and O–H groups in total. The summed E-state index contributed by atoms with van der Waals surface area (Å²) in [6.07, 6.45) is 92.9. The number of hydrogen-bond donors (Lipinski definition) is 4. The van der Waals surface area contributed by atoms with Crippen LogP contribution in [0.4, 0.5) is 0 Å². The Kier molecular flexibility index (Phi) is 67.6. The van der Waals surface area contributed by atoms with Gasteiger partial charge in [0.15, 0.2) is 0 Å². The zero-order valence-corrected chi connectivity index (χ0v) is 79.4. The van der Waals surface area contributed by atoms with E-state index in [1.165, 1.54) is 382 Å². The van der Waals surface area contributed by atoms with E-state index in [-0.39, 0.29) is 26.4 Å². The molecule has 8 bridgehead atoms. The Morgan fingerprint density at radius 1 is 0.167 bits per heavy atom. The molecule has 0 atom stereocenters. The fraction of sp³-hybridized carbons (Fsp3) is 0.786. The van der Waals surface area contributed by atoms with Gasteiger partial charge in [0.2, 0.25) is 0 Å². The molecule has 0 fully saturated rings. The number of aliphatic hydroxyl groups excluding tert-OH is 4. The molecule has 0 aliphatic heterocycles. The molecule has 1 aliphatic carbocycles. The summed E-state index contributed by atoms with van der Waals surface area (Å²) in [4.78, 5) is 0. The standard InChI is InChI=1S/C112H192O8/c1-5-9-13-17-21-25-29-33-37-41-45-49-53-57-61-65-81-117-109-101-85-97(73-69-77-113)86-102(109)94-104-88-99(75-71-79-115)90-106(111(104)119-83-67-63-59-55-51-47-43-39-35-31-27-23-19-15-11-7-3)96-108-92-100(76-72-80-116)91-107(112(108)120-84-68-64-60-56-52-48-44-40-36-32-28-24-20-16-12-8-4)95-105-89-98(74-70-78-114)87-103(93-101)110(105)118-82-66-62-58-54-50-46-42-38-34-30-26-22-18-14-10-6-2/h85-92,113-116H,5-84,93-96H2,1-4H3. The van der Waals surface area contributed by atoms with E-state index in [9.17, 15) is 20.4 Å². The summed E-state index contributed by atoms with van der Waals surface area (Å²) in [5.41, 5.74) is 14.1. The number of rotatable bonds is 84. The van der Waals surface area contributed by atoms with Crippen molar-refractivity contribution in [1.29, 1.82) is 0 Å². The van der Waals surface area contributed by atoms with E-state index in [1.54, 1.807) is 0 Å². The number of hydrogen-bond acceptors (Lipinski definition) is 8. The van der Waals surface area contributed by atoms with Gasteiger partial charge in [-0.15, -0.1) is 0 Å². The lowest BCUT2D eigenvalue weighted by Crippen LogP contribution is -2.12. The SMILES string of the molecule is CCCCCCCCCCCCCCCCCCOc1c2cc(CCCO)cc1Cc1cc(CCCO)cc(c1OCCCCCCCCCCCCCCCCCC)Cc1cc(CCCO)cc(c1OCCCCCCCCCCCCCCCCCC)Cc1cc(CCCO)cc(c1OCCCCCCCCCCCCCCCCCC)C2. The molecule has 0 saturated heterocycles. The van der Waals surface area contributed by atoms with Crippen LogP contribution in [0.1, 0.15) is 531 Å². The minimum Gasteiger partial charge on any atom is -0.493 e. The van der Waals surface area contributed by atoms with Crippen LogP contribution in [0.5, 0.6) is 23.0 Å². The van der Waals surface area contributed by atoms with E-state index in [1.807, 2.05) is 0 Å². The van der Waals surface area contributed by atoms with E-state index >= 15 is 0 Å². The Hall–Kier alpha value is -4.08. The second-order valence-electron chi connectivity index (χ2n) is 37.6. The lowest BCUT2D eigenvalue weighted by molar-refractivity contribution is 0.288. The second-order valence-corrected chi connectivity index (χ2v) is 37.6. The first kappa shape index (κ1) is 106. The summed E-state index contributed by atoms with van der Waals surface area (Å²) >= 11 is 0. The van der Waals surface area contributed by atoms with Gasteiger partial charge in [0.25, 0.3) is 0 Å². The van der Waals surface area contributed by atoms with Crippen LogP contribution in [0.3, 0.4) is 0 Å². The third-order valence-corrected chi connectivity index (χ3v) is 26.2. The predicted octanol–water partition coefficient (Wildman–Crippen LogP) is 32.6. The van der Waals surface area contributed by atoms with Gasteiger partial charge in [0.1, 0.15) is 23.0 Å². The molecule has 0 spiro atoms. The first-order valence-electron chi connectivity index (χ1n) is 52.9. The molecule has 688 valence electrons. The van der Waals surface area contributed by atoms with E-state index < -0.39 is 0 Å². The Morgan fingerprint density at radius 2 is 0.283 bits per heavy atom. The molecule has 0 aromatic heterocycles. The number of fused-ring (bicyclic) bond motifs is 8. The highest BCUT2D eigenvalue weighted by Gasteiger charge is 2.26. The summed E-state index contributed by atoms with van der Waals surface area (Å²) in [5.74, 6) is 3.88. The Bertz CT molecular complexity index is 2510. The largest absolute Gasteiger partial charge is 0.493 e. The van der Waals surface area contributed by atoms with Crippen LogP contribution in [0.15, 0.2) is 48.5 Å². The van der Waals surface area contributed by atoms with Crippen LogP contribution in [0.2, 0.25) is 0 Å². The van der Waals surface area contributed by atoms with E-state index in [4.69, 9.17) is 18.9 Å². The predicted molar refractivity (Wildman–Crippen MR) is 519 cm³/mol. The van der Waals surface area contributed by atoms with Crippen molar-refractivity contribution in [2.24, 2.45) is 0 Å². The third kappa shape index (κ3) is 51.5. The normalized spacial score (nSPS) is 12.2. The number of aryl methyl sites for hydroxylation is 4. The summed E-state index contributed by atoms with van der Waals surface area (Å²) < 4.78 is 29.9. The molecular formula is C112H192O8. The monoisotopic (exact) mass is 1670 g/mol. The average molecular weight is 1670 g/mol. The van der Waals surface area contributed by atoms with Gasteiger partial charge in [-0.3, -0.25) is 0 Å². The zero-order valence-electron chi connectivity index (χ0n) is 79.4. The molecule has 0 radical (unpaired) electrons. The van der Waals surface area contributed by atoms with Gasteiger partial charge in [0.05, 0.1) is 26.4 Å². The van der Waals surface area contributed by atoms with Crippen LogP contribution >= 0.6 is 0 Å². The highest BCUT2D eigenvalue weighted by atomic mass is 16.5. The molecule has 4 aromatic carbocycles. The van der Waals surface area contributed by atoms with Crippen molar-refractivity contribution in [1.82, 2.24) is 0 Å². The lowest BCUT2D eigenvalue weighted by atomic mass is 9.87. The maximum atomic E-state index is 10.6. The number of ether oxygens (including phenoxy) is 4. The summed E-state index contributed by atoms with van der Waals surface area (Å²) in [6, 6.07) is 19.3. The second kappa shape index (κ2) is 76.2. The minimum absolute atomic E-state index is 0.121. The molecule has 5 rings (SSSR count). The minimum atomic E-state index is 0.121. The van der Waals surface area contributed by atoms with E-state index in [2.05, 4.69) is 76.2 Å². The van der Waals surface area contributed by atoms with Gasteiger partial charge in [-0.25, -0.2) is 0 Å². The van der Waals surface area contributed by atoms with Crippen molar-refractivity contribution in [2.45, 2.75) is 516 Å². The molecule has 4 aromatic rings. The third-order valence-electron chi connectivity index (χ3n) is 26.2. The fourth-order valence-electron chi connectivity index (χ4n) is 18.9. The van der Waals surface area contributed by atoms with Crippen LogP contribution in [-0.2, 0) is 51.4 Å². The maximum absolute atomic E-state index is 10.6. The summed E-state index contributed by atoms with van der Waals surface area (Å²) in [5, 5.41) is 42.4. The molecule has 1 aliphatic rings. The van der Waals surface area contributed by atoms with Crippen molar-refractivity contribution in [2.75, 3.05) is 52.9 Å². The van der Waals surface area contributed by atoms with Gasteiger partial charge in [0, 0.05) is 52.1 Å². The highest BCUT2D eigenvalue weighted by molar-refractivity contribution is 5.59. The van der Waals surface area contributed by atoms with Crippen LogP contribution < -0.4 is 18.9 Å². The van der Waals surface area contributed by atoms with E-state index in [0.29, 0.717) is 77.8 Å².